The molecule has 0 aliphatic rings. The largest absolute Gasteiger partial charge is 0.420 e. The Morgan fingerprint density at radius 2 is 1.96 bits per heavy atom. The van der Waals surface area contributed by atoms with Crippen LogP contribution < -0.4 is 8.83 Å². The van der Waals surface area contributed by atoms with Crippen LogP contribution in [0.25, 0.3) is 0 Å². The van der Waals surface area contributed by atoms with Gasteiger partial charge in [0.2, 0.25) is 0 Å². The second kappa shape index (κ2) is 9.17. The summed E-state index contributed by atoms with van der Waals surface area (Å²) in [4.78, 5) is 14.6. The van der Waals surface area contributed by atoms with Gasteiger partial charge in [0.1, 0.15) is 5.00 Å². The highest BCUT2D eigenvalue weighted by Gasteiger charge is 2.42. The third-order valence-corrected chi connectivity index (χ3v) is 7.59. The van der Waals surface area contributed by atoms with Gasteiger partial charge in [0.05, 0.1) is 0 Å². The molecule has 2 aromatic heterocycles. The molecule has 0 saturated heterocycles. The zero-order valence-corrected chi connectivity index (χ0v) is 17.6. The molecule has 0 fully saturated rings. The van der Waals surface area contributed by atoms with Crippen molar-refractivity contribution >= 4 is 46.8 Å². The van der Waals surface area contributed by atoms with Crippen molar-refractivity contribution in [2.24, 2.45) is 0 Å². The maximum Gasteiger partial charge on any atom is 0.400 e. The fourth-order valence-electron chi connectivity index (χ4n) is 2.52. The molecule has 0 spiro atoms. The second-order valence-electron chi connectivity index (χ2n) is 5.63. The average Bonchev–Trinajstić information content (AvgIpc) is 3.18. The van der Waals surface area contributed by atoms with E-state index in [0.717, 1.165) is 4.31 Å². The van der Waals surface area contributed by atoms with E-state index < -0.39 is 24.6 Å². The lowest BCUT2D eigenvalue weighted by molar-refractivity contribution is 0.364. The fraction of sp³-hybridized carbons (Fsp3) is 0.118. The number of hydrogen-bond acceptors (Lipinski definition) is 5. The number of anilines is 1. The van der Waals surface area contributed by atoms with Crippen molar-refractivity contribution in [3.63, 3.8) is 0 Å². The van der Waals surface area contributed by atoms with Crippen LogP contribution in [0.15, 0.2) is 66.2 Å². The average molecular weight is 459 g/mol. The molecule has 0 amide bonds. The normalized spacial score (nSPS) is 15.4. The highest BCUT2D eigenvalue weighted by molar-refractivity contribution is 7.81. The van der Waals surface area contributed by atoms with Crippen LogP contribution in [-0.2, 0) is 22.3 Å². The lowest BCUT2D eigenvalue weighted by atomic mass is 10.1. The smallest absolute Gasteiger partial charge is 0.400 e. The van der Waals surface area contributed by atoms with E-state index in [-0.39, 0.29) is 17.3 Å². The first-order valence-electron chi connectivity index (χ1n) is 7.98. The molecule has 11 heteroatoms. The summed E-state index contributed by atoms with van der Waals surface area (Å²) in [5, 5.41) is 1.98. The molecule has 3 unspecified atom stereocenters. The molecule has 28 heavy (non-hydrogen) atoms. The van der Waals surface area contributed by atoms with Gasteiger partial charge in [-0.2, -0.15) is 0 Å². The van der Waals surface area contributed by atoms with Crippen molar-refractivity contribution in [2.45, 2.75) is 12.2 Å². The zero-order valence-electron chi connectivity index (χ0n) is 14.3. The predicted octanol–water partition coefficient (Wildman–Crippen LogP) is 4.57. The van der Waals surface area contributed by atoms with E-state index in [2.05, 4.69) is 4.98 Å². The summed E-state index contributed by atoms with van der Waals surface area (Å²) < 4.78 is 41.6. The summed E-state index contributed by atoms with van der Waals surface area (Å²) in [5.74, 6) is -1.42. The number of hydrogen-bond donors (Lipinski definition) is 2. The minimum absolute atomic E-state index is 0.00327. The van der Waals surface area contributed by atoms with Gasteiger partial charge in [-0.05, 0) is 35.2 Å². The van der Waals surface area contributed by atoms with E-state index in [0.29, 0.717) is 10.6 Å². The summed E-state index contributed by atoms with van der Waals surface area (Å²) in [6, 6.07) is 15.1. The highest BCUT2D eigenvalue weighted by Crippen LogP contribution is 2.52. The molecule has 3 atom stereocenters. The molecule has 0 bridgehead atoms. The van der Waals surface area contributed by atoms with Gasteiger partial charge in [0.25, 0.3) is 11.3 Å². The van der Waals surface area contributed by atoms with E-state index in [9.17, 15) is 18.2 Å². The first-order valence-corrected chi connectivity index (χ1v) is 12.0. The second-order valence-corrected chi connectivity index (χ2v) is 9.67. The van der Waals surface area contributed by atoms with Crippen molar-refractivity contribution < 1.29 is 22.7 Å². The van der Waals surface area contributed by atoms with Crippen molar-refractivity contribution in [2.75, 3.05) is 4.31 Å². The molecule has 1 aromatic carbocycles. The van der Waals surface area contributed by atoms with Crippen LogP contribution in [0.2, 0.25) is 5.15 Å². The van der Waals surface area contributed by atoms with Crippen LogP contribution in [-0.4, -0.2) is 24.4 Å². The molecule has 3 aromatic rings. The van der Waals surface area contributed by atoms with Crippen LogP contribution in [0.4, 0.5) is 5.00 Å². The van der Waals surface area contributed by atoms with E-state index in [1.165, 1.54) is 29.7 Å². The van der Waals surface area contributed by atoms with Gasteiger partial charge in [0, 0.05) is 12.6 Å². The quantitative estimate of drug-likeness (QED) is 0.291. The Bertz CT molecular complexity index is 990. The predicted molar refractivity (Wildman–Crippen MR) is 111 cm³/mol. The van der Waals surface area contributed by atoms with Gasteiger partial charge < -0.3 is 9.42 Å². The van der Waals surface area contributed by atoms with Gasteiger partial charge in [-0.15, -0.1) is 11.3 Å². The van der Waals surface area contributed by atoms with Crippen molar-refractivity contribution in [1.82, 2.24) is 4.98 Å². The number of pyridine rings is 1. The number of rotatable bonds is 8. The molecular weight excluding hydrogens is 443 g/mol. The first kappa shape index (κ1) is 21.0. The minimum Gasteiger partial charge on any atom is -0.420 e. The van der Waals surface area contributed by atoms with Crippen molar-refractivity contribution in [3.05, 3.63) is 76.9 Å². The SMILES string of the molecule is O=S(O)N(c1cccs1)C(Cc1ccccc1)P(=O)(O)Oc1cccnc1Cl. The zero-order chi connectivity index (χ0) is 20.1. The lowest BCUT2D eigenvalue weighted by Crippen LogP contribution is -2.38. The summed E-state index contributed by atoms with van der Waals surface area (Å²) >= 11 is 4.55. The van der Waals surface area contributed by atoms with Crippen LogP contribution >= 0.6 is 30.5 Å². The Balaban J connectivity index is 2.02. The molecule has 0 saturated carbocycles. The van der Waals surface area contributed by atoms with Crippen LogP contribution in [0, 0.1) is 0 Å². The third-order valence-electron chi connectivity index (χ3n) is 3.75. The molecule has 7 nitrogen and oxygen atoms in total. The van der Waals surface area contributed by atoms with Gasteiger partial charge >= 0.3 is 7.60 Å². The molecule has 0 aliphatic heterocycles. The monoisotopic (exact) mass is 458 g/mol. The number of aromatic nitrogens is 1. The van der Waals surface area contributed by atoms with E-state index in [1.807, 2.05) is 6.07 Å². The topological polar surface area (TPSA) is 100.0 Å². The molecule has 2 heterocycles. The van der Waals surface area contributed by atoms with Gasteiger partial charge in [0.15, 0.2) is 16.7 Å². The number of thiophene rings is 1. The van der Waals surface area contributed by atoms with Crippen molar-refractivity contribution in [1.29, 1.82) is 0 Å². The summed E-state index contributed by atoms with van der Waals surface area (Å²) in [5.41, 5.74) is 0.703. The highest BCUT2D eigenvalue weighted by atomic mass is 35.5. The van der Waals surface area contributed by atoms with Gasteiger partial charge in [-0.3, -0.25) is 4.55 Å². The molecule has 3 rings (SSSR count). The minimum atomic E-state index is -4.51. The van der Waals surface area contributed by atoms with Crippen LogP contribution in [0.5, 0.6) is 5.75 Å². The molecule has 0 aliphatic carbocycles. The number of benzene rings is 1. The molecule has 2 N–H and O–H groups in total. The Labute approximate surface area is 173 Å². The standard InChI is InChI=1S/C17H16ClN2O5PS2/c18-17-14(8-4-10-19-17)25-26(21,22)15(12-13-6-2-1-3-7-13)20(28(23)24)16-9-5-11-27-16/h1-11,15H,12H2,(H,21,22)(H,23,24). The Kier molecular flexibility index (Phi) is 6.87. The maximum atomic E-state index is 13.2. The van der Waals surface area contributed by atoms with Gasteiger partial charge in [-0.1, -0.05) is 41.9 Å². The lowest BCUT2D eigenvalue weighted by Gasteiger charge is -2.31. The number of halogens is 1. The summed E-state index contributed by atoms with van der Waals surface area (Å²) in [6.45, 7) is 0. The van der Waals surface area contributed by atoms with E-state index in [1.54, 1.807) is 41.8 Å². The van der Waals surface area contributed by atoms with Crippen LogP contribution in [0.1, 0.15) is 5.56 Å². The Morgan fingerprint density at radius 1 is 1.21 bits per heavy atom. The summed E-state index contributed by atoms with van der Waals surface area (Å²) in [7, 11) is -4.51. The molecule has 148 valence electrons. The van der Waals surface area contributed by atoms with Gasteiger partial charge in [-0.25, -0.2) is 18.1 Å². The Morgan fingerprint density at radius 3 is 2.57 bits per heavy atom. The molecular formula is C17H16ClN2O5PS2. The maximum absolute atomic E-state index is 13.2. The fourth-order valence-corrected chi connectivity index (χ4v) is 6.29. The van der Waals surface area contributed by atoms with Crippen molar-refractivity contribution in [3.8, 4) is 5.75 Å². The van der Waals surface area contributed by atoms with Crippen LogP contribution in [0.3, 0.4) is 0 Å². The Hall–Kier alpha value is -1.74. The number of nitrogens with zero attached hydrogens (tertiary/aromatic N) is 2. The van der Waals surface area contributed by atoms with E-state index >= 15 is 0 Å². The molecule has 0 radical (unpaired) electrons. The third kappa shape index (κ3) is 5.00. The van der Waals surface area contributed by atoms with E-state index in [4.69, 9.17) is 16.1 Å². The summed E-state index contributed by atoms with van der Waals surface area (Å²) in [6.07, 6.45) is 1.41. The first-order chi connectivity index (χ1) is 13.4.